The van der Waals surface area contributed by atoms with E-state index in [2.05, 4.69) is 11.4 Å². The molecule has 0 unspecified atom stereocenters. The van der Waals surface area contributed by atoms with Gasteiger partial charge < -0.3 is 14.8 Å². The highest BCUT2D eigenvalue weighted by molar-refractivity contribution is 6.32. The molecule has 0 atom stereocenters. The van der Waals surface area contributed by atoms with Crippen LogP contribution >= 0.6 is 11.6 Å². The van der Waals surface area contributed by atoms with Crippen LogP contribution in [-0.4, -0.2) is 24.0 Å². The highest BCUT2D eigenvalue weighted by Gasteiger charge is 2.15. The van der Waals surface area contributed by atoms with E-state index in [0.717, 1.165) is 5.56 Å². The number of carbonyl (C=O) groups is 1. The van der Waals surface area contributed by atoms with Crippen LogP contribution in [0.25, 0.3) is 11.6 Å². The van der Waals surface area contributed by atoms with Crippen molar-refractivity contribution in [1.82, 2.24) is 0 Å². The van der Waals surface area contributed by atoms with Crippen LogP contribution in [0.3, 0.4) is 0 Å². The third-order valence-electron chi connectivity index (χ3n) is 4.84. The van der Waals surface area contributed by atoms with Gasteiger partial charge in [0.2, 0.25) is 0 Å². The summed E-state index contributed by atoms with van der Waals surface area (Å²) in [5.74, 6) is 0.162. The Kier molecular flexibility index (Phi) is 8.43. The Morgan fingerprint density at radius 1 is 1.14 bits per heavy atom. The van der Waals surface area contributed by atoms with Gasteiger partial charge in [-0.05, 0) is 67.4 Å². The molecule has 3 aromatic carbocycles. The number of carbonyl (C=O) groups excluding carboxylic acids is 1. The Bertz CT molecular complexity index is 1300. The maximum absolute atomic E-state index is 12.3. The Hall–Kier alpha value is -4.35. The minimum Gasteiger partial charge on any atom is -0.490 e. The van der Waals surface area contributed by atoms with E-state index in [1.807, 2.05) is 19.1 Å². The maximum atomic E-state index is 12.3. The van der Waals surface area contributed by atoms with Crippen LogP contribution in [0.4, 0.5) is 11.4 Å². The van der Waals surface area contributed by atoms with Gasteiger partial charge in [0.15, 0.2) is 18.1 Å². The molecule has 3 rings (SSSR count). The SMILES string of the molecule is CCOc1cc(/C=C(/C#N)c2ccc([N+](=O)[O-])cc2)cc(Cl)c1OCC(=O)Nc1ccc(C)cc1. The number of nitro groups is 1. The first kappa shape index (κ1) is 25.3. The first-order chi connectivity index (χ1) is 16.8. The van der Waals surface area contributed by atoms with E-state index in [1.165, 1.54) is 24.3 Å². The Morgan fingerprint density at radius 2 is 1.83 bits per heavy atom. The molecule has 1 amide bonds. The van der Waals surface area contributed by atoms with Gasteiger partial charge in [-0.2, -0.15) is 5.26 Å². The third kappa shape index (κ3) is 6.82. The van der Waals surface area contributed by atoms with Crippen molar-refractivity contribution in [2.75, 3.05) is 18.5 Å². The summed E-state index contributed by atoms with van der Waals surface area (Å²) in [6.07, 6.45) is 1.59. The number of halogens is 1. The molecule has 0 fully saturated rings. The molecule has 0 bridgehead atoms. The summed E-state index contributed by atoms with van der Waals surface area (Å²) in [4.78, 5) is 22.7. The third-order valence-corrected chi connectivity index (χ3v) is 5.12. The molecule has 0 heterocycles. The summed E-state index contributed by atoms with van der Waals surface area (Å²) >= 11 is 6.44. The number of hydrogen-bond donors (Lipinski definition) is 1. The number of nitriles is 1. The minimum absolute atomic E-state index is 0.0689. The lowest BCUT2D eigenvalue weighted by molar-refractivity contribution is -0.384. The standard InChI is InChI=1S/C26H22ClN3O5/c1-3-34-24-14-18(12-20(15-28)19-6-10-22(11-7-19)30(32)33)13-23(27)26(24)35-16-25(31)29-21-8-4-17(2)5-9-21/h4-14H,3,16H2,1-2H3,(H,29,31)/b20-12-. The van der Waals surface area contributed by atoms with Crippen molar-refractivity contribution in [3.8, 4) is 17.6 Å². The highest BCUT2D eigenvalue weighted by Crippen LogP contribution is 2.38. The van der Waals surface area contributed by atoms with Crippen LogP contribution in [-0.2, 0) is 4.79 Å². The Morgan fingerprint density at radius 3 is 2.43 bits per heavy atom. The van der Waals surface area contributed by atoms with Crippen LogP contribution in [0.2, 0.25) is 5.02 Å². The van der Waals surface area contributed by atoms with Crippen LogP contribution < -0.4 is 14.8 Å². The van der Waals surface area contributed by atoms with Crippen molar-refractivity contribution in [3.63, 3.8) is 0 Å². The van der Waals surface area contributed by atoms with Gasteiger partial charge in [0.25, 0.3) is 11.6 Å². The van der Waals surface area contributed by atoms with E-state index in [1.54, 1.807) is 37.3 Å². The number of aryl methyl sites for hydroxylation is 1. The van der Waals surface area contributed by atoms with Gasteiger partial charge in [0.1, 0.15) is 0 Å². The second kappa shape index (κ2) is 11.7. The summed E-state index contributed by atoms with van der Waals surface area (Å²) in [6, 6.07) is 18.4. The zero-order valence-corrected chi connectivity index (χ0v) is 19.8. The van der Waals surface area contributed by atoms with Crippen LogP contribution in [0.15, 0.2) is 60.7 Å². The summed E-state index contributed by atoms with van der Waals surface area (Å²) in [5, 5.41) is 23.4. The lowest BCUT2D eigenvalue weighted by Gasteiger charge is -2.15. The van der Waals surface area contributed by atoms with Crippen LogP contribution in [0, 0.1) is 28.4 Å². The lowest BCUT2D eigenvalue weighted by atomic mass is 10.0. The van der Waals surface area contributed by atoms with Crippen molar-refractivity contribution in [3.05, 3.63) is 92.5 Å². The molecule has 8 nitrogen and oxygen atoms in total. The van der Waals surface area contributed by atoms with E-state index >= 15 is 0 Å². The number of benzene rings is 3. The number of nitro benzene ring substituents is 1. The van der Waals surface area contributed by atoms with Crippen molar-refractivity contribution < 1.29 is 19.2 Å². The average molecular weight is 492 g/mol. The van der Waals surface area contributed by atoms with Crippen molar-refractivity contribution in [2.45, 2.75) is 13.8 Å². The first-order valence-corrected chi connectivity index (χ1v) is 11.0. The lowest BCUT2D eigenvalue weighted by Crippen LogP contribution is -2.20. The van der Waals surface area contributed by atoms with Gasteiger partial charge in [0, 0.05) is 17.8 Å². The number of amides is 1. The summed E-state index contributed by atoms with van der Waals surface area (Å²) in [7, 11) is 0. The molecule has 0 radical (unpaired) electrons. The van der Waals surface area contributed by atoms with Gasteiger partial charge in [-0.25, -0.2) is 0 Å². The second-order valence-electron chi connectivity index (χ2n) is 7.44. The molecule has 3 aromatic rings. The topological polar surface area (TPSA) is 114 Å². The van der Waals surface area contributed by atoms with Gasteiger partial charge in [-0.15, -0.1) is 0 Å². The van der Waals surface area contributed by atoms with E-state index < -0.39 is 4.92 Å². The van der Waals surface area contributed by atoms with Crippen LogP contribution in [0.1, 0.15) is 23.6 Å². The second-order valence-corrected chi connectivity index (χ2v) is 7.85. The summed E-state index contributed by atoms with van der Waals surface area (Å²) in [6.45, 7) is 3.79. The van der Waals surface area contributed by atoms with Gasteiger partial charge >= 0.3 is 0 Å². The van der Waals surface area contributed by atoms with E-state index in [-0.39, 0.29) is 34.5 Å². The quantitative estimate of drug-likeness (QED) is 0.169. The molecule has 0 aliphatic rings. The zero-order chi connectivity index (χ0) is 25.4. The fraction of sp³-hybridized carbons (Fsp3) is 0.154. The van der Waals surface area contributed by atoms with Gasteiger partial charge in [-0.1, -0.05) is 29.3 Å². The van der Waals surface area contributed by atoms with E-state index in [9.17, 15) is 20.2 Å². The fourth-order valence-electron chi connectivity index (χ4n) is 3.16. The monoisotopic (exact) mass is 491 g/mol. The van der Waals surface area contributed by atoms with Gasteiger partial charge in [-0.3, -0.25) is 14.9 Å². The smallest absolute Gasteiger partial charge is 0.269 e. The number of anilines is 1. The van der Waals surface area contributed by atoms with Crippen molar-refractivity contribution in [1.29, 1.82) is 5.26 Å². The van der Waals surface area contributed by atoms with Crippen LogP contribution in [0.5, 0.6) is 11.5 Å². The molecule has 0 saturated carbocycles. The maximum Gasteiger partial charge on any atom is 0.269 e. The first-order valence-electron chi connectivity index (χ1n) is 10.6. The number of non-ortho nitro benzene ring substituents is 1. The molecule has 0 aliphatic carbocycles. The number of hydrogen-bond acceptors (Lipinski definition) is 6. The molecule has 0 saturated heterocycles. The predicted octanol–water partition coefficient (Wildman–Crippen LogP) is 6.04. The molecular formula is C26H22ClN3O5. The number of nitrogens with zero attached hydrogens (tertiary/aromatic N) is 2. The molecule has 35 heavy (non-hydrogen) atoms. The number of ether oxygens (including phenoxy) is 2. The Labute approximate surface area is 207 Å². The fourth-order valence-corrected chi connectivity index (χ4v) is 3.43. The Balaban J connectivity index is 1.81. The van der Waals surface area contributed by atoms with Gasteiger partial charge in [0.05, 0.1) is 28.2 Å². The van der Waals surface area contributed by atoms with E-state index in [0.29, 0.717) is 29.2 Å². The molecule has 0 aliphatic heterocycles. The van der Waals surface area contributed by atoms with E-state index in [4.69, 9.17) is 21.1 Å². The average Bonchev–Trinajstić information content (AvgIpc) is 2.83. The number of allylic oxidation sites excluding steroid dienone is 1. The number of rotatable bonds is 9. The largest absolute Gasteiger partial charge is 0.490 e. The van der Waals surface area contributed by atoms with Crippen molar-refractivity contribution >= 4 is 40.5 Å². The normalized spacial score (nSPS) is 10.9. The predicted molar refractivity (Wildman–Crippen MR) is 135 cm³/mol. The molecule has 0 spiro atoms. The molecule has 1 N–H and O–H groups in total. The number of nitrogens with one attached hydrogen (secondary N) is 1. The molecular weight excluding hydrogens is 470 g/mol. The summed E-state index contributed by atoms with van der Waals surface area (Å²) in [5.41, 5.74) is 3.01. The molecule has 178 valence electrons. The van der Waals surface area contributed by atoms with Crippen molar-refractivity contribution in [2.24, 2.45) is 0 Å². The minimum atomic E-state index is -0.506. The summed E-state index contributed by atoms with van der Waals surface area (Å²) < 4.78 is 11.3. The zero-order valence-electron chi connectivity index (χ0n) is 19.1. The molecule has 9 heteroatoms. The molecule has 0 aromatic heterocycles. The highest BCUT2D eigenvalue weighted by atomic mass is 35.5.